The molecule has 21 heavy (non-hydrogen) atoms. The molecule has 4 heteroatoms. The predicted molar refractivity (Wildman–Crippen MR) is 86.7 cm³/mol. The van der Waals surface area contributed by atoms with Crippen molar-refractivity contribution < 1.29 is 9.21 Å². The molecular weight excluding hydrogens is 282 g/mol. The first-order valence-corrected chi connectivity index (χ1v) is 7.97. The van der Waals surface area contributed by atoms with Gasteiger partial charge in [-0.1, -0.05) is 6.07 Å². The normalized spacial score (nSPS) is 10.7. The molecule has 1 aromatic carbocycles. The molecule has 0 saturated carbocycles. The SMILES string of the molecule is Cc1cc(C)c(C)c(SCC(=O)NCc2ccco2)c1C. The zero-order valence-corrected chi connectivity index (χ0v) is 13.8. The van der Waals surface area contributed by atoms with Gasteiger partial charge in [0.25, 0.3) is 0 Å². The molecule has 1 N–H and O–H groups in total. The first-order valence-electron chi connectivity index (χ1n) is 6.98. The van der Waals surface area contributed by atoms with Gasteiger partial charge in [-0.15, -0.1) is 11.8 Å². The van der Waals surface area contributed by atoms with Crippen molar-refractivity contribution in [3.05, 3.63) is 52.5 Å². The van der Waals surface area contributed by atoms with Crippen LogP contribution in [0.1, 0.15) is 28.0 Å². The van der Waals surface area contributed by atoms with Gasteiger partial charge in [-0.3, -0.25) is 4.79 Å². The van der Waals surface area contributed by atoms with Crippen LogP contribution in [0.4, 0.5) is 0 Å². The van der Waals surface area contributed by atoms with Gasteiger partial charge < -0.3 is 9.73 Å². The average Bonchev–Trinajstić information content (AvgIpc) is 2.96. The fourth-order valence-electron chi connectivity index (χ4n) is 2.18. The van der Waals surface area contributed by atoms with Crippen LogP contribution in [-0.2, 0) is 11.3 Å². The van der Waals surface area contributed by atoms with Crippen LogP contribution in [0.15, 0.2) is 33.8 Å². The number of nitrogens with one attached hydrogen (secondary N) is 1. The predicted octanol–water partition coefficient (Wildman–Crippen LogP) is 3.92. The second-order valence-electron chi connectivity index (χ2n) is 5.23. The third-order valence-electron chi connectivity index (χ3n) is 3.68. The molecule has 1 heterocycles. The van der Waals surface area contributed by atoms with Gasteiger partial charge in [-0.25, -0.2) is 0 Å². The van der Waals surface area contributed by atoms with Crippen LogP contribution in [0.5, 0.6) is 0 Å². The minimum absolute atomic E-state index is 0.0226. The Morgan fingerprint density at radius 1 is 1.19 bits per heavy atom. The lowest BCUT2D eigenvalue weighted by atomic mass is 10.0. The highest BCUT2D eigenvalue weighted by atomic mass is 32.2. The lowest BCUT2D eigenvalue weighted by Crippen LogP contribution is -2.24. The highest BCUT2D eigenvalue weighted by Gasteiger charge is 2.11. The number of thioether (sulfide) groups is 1. The van der Waals surface area contributed by atoms with E-state index in [9.17, 15) is 4.79 Å². The van der Waals surface area contributed by atoms with E-state index in [1.165, 1.54) is 27.1 Å². The maximum absolute atomic E-state index is 11.9. The number of aryl methyl sites for hydroxylation is 2. The zero-order valence-electron chi connectivity index (χ0n) is 12.9. The van der Waals surface area contributed by atoms with E-state index in [1.54, 1.807) is 18.0 Å². The van der Waals surface area contributed by atoms with Gasteiger partial charge in [0.1, 0.15) is 5.76 Å². The van der Waals surface area contributed by atoms with Crippen LogP contribution in [0.3, 0.4) is 0 Å². The Balaban J connectivity index is 1.95. The van der Waals surface area contributed by atoms with Crippen LogP contribution in [-0.4, -0.2) is 11.7 Å². The summed E-state index contributed by atoms with van der Waals surface area (Å²) < 4.78 is 5.19. The average molecular weight is 303 g/mol. The second-order valence-corrected chi connectivity index (χ2v) is 6.22. The molecule has 0 atom stereocenters. The first kappa shape index (κ1) is 15.7. The van der Waals surface area contributed by atoms with E-state index < -0.39 is 0 Å². The van der Waals surface area contributed by atoms with Crippen LogP contribution < -0.4 is 5.32 Å². The van der Waals surface area contributed by atoms with E-state index in [4.69, 9.17) is 4.42 Å². The highest BCUT2D eigenvalue weighted by molar-refractivity contribution is 8.00. The maximum Gasteiger partial charge on any atom is 0.230 e. The van der Waals surface area contributed by atoms with Crippen LogP contribution in [0.25, 0.3) is 0 Å². The fraction of sp³-hybridized carbons (Fsp3) is 0.353. The topological polar surface area (TPSA) is 42.2 Å². The molecule has 0 unspecified atom stereocenters. The van der Waals surface area contributed by atoms with E-state index in [1.807, 2.05) is 12.1 Å². The van der Waals surface area contributed by atoms with Crippen molar-refractivity contribution in [1.29, 1.82) is 0 Å². The maximum atomic E-state index is 11.9. The Labute approximate surface area is 130 Å². The minimum Gasteiger partial charge on any atom is -0.467 e. The molecule has 3 nitrogen and oxygen atoms in total. The number of rotatable bonds is 5. The highest BCUT2D eigenvalue weighted by Crippen LogP contribution is 2.30. The summed E-state index contributed by atoms with van der Waals surface area (Å²) in [4.78, 5) is 13.2. The number of amides is 1. The molecule has 0 aliphatic heterocycles. The molecule has 0 saturated heterocycles. The largest absolute Gasteiger partial charge is 0.467 e. The smallest absolute Gasteiger partial charge is 0.230 e. The zero-order chi connectivity index (χ0) is 15.4. The molecule has 0 radical (unpaired) electrons. The summed E-state index contributed by atoms with van der Waals surface area (Å²) in [7, 11) is 0. The lowest BCUT2D eigenvalue weighted by molar-refractivity contribution is -0.118. The Hall–Kier alpha value is -1.68. The van der Waals surface area contributed by atoms with Crippen molar-refractivity contribution in [2.45, 2.75) is 39.1 Å². The lowest BCUT2D eigenvalue weighted by Gasteiger charge is -2.14. The second kappa shape index (κ2) is 6.85. The monoisotopic (exact) mass is 303 g/mol. The number of carbonyl (C=O) groups excluding carboxylic acids is 1. The summed E-state index contributed by atoms with van der Waals surface area (Å²) in [5, 5.41) is 2.87. The van der Waals surface area contributed by atoms with Crippen molar-refractivity contribution in [2.75, 3.05) is 5.75 Å². The summed E-state index contributed by atoms with van der Waals surface area (Å²) in [6.45, 7) is 8.90. The van der Waals surface area contributed by atoms with Crippen LogP contribution in [0, 0.1) is 27.7 Å². The summed E-state index contributed by atoms with van der Waals surface area (Å²) in [5.74, 6) is 1.21. The fourth-order valence-corrected chi connectivity index (χ4v) is 3.32. The van der Waals surface area contributed by atoms with Crippen LogP contribution >= 0.6 is 11.8 Å². The molecule has 2 aromatic rings. The molecule has 0 bridgehead atoms. The van der Waals surface area contributed by atoms with Crippen molar-refractivity contribution in [1.82, 2.24) is 5.32 Å². The van der Waals surface area contributed by atoms with Crippen molar-refractivity contribution in [3.8, 4) is 0 Å². The Kier molecular flexibility index (Phi) is 5.12. The molecule has 0 fully saturated rings. The quantitative estimate of drug-likeness (QED) is 0.851. The van der Waals surface area contributed by atoms with Gasteiger partial charge in [-0.2, -0.15) is 0 Å². The molecule has 0 aliphatic rings. The van der Waals surface area contributed by atoms with E-state index in [-0.39, 0.29) is 5.91 Å². The van der Waals surface area contributed by atoms with Gasteiger partial charge in [0.05, 0.1) is 18.6 Å². The van der Waals surface area contributed by atoms with Gasteiger partial charge >= 0.3 is 0 Å². The standard InChI is InChI=1S/C17H21NO2S/c1-11-8-12(2)14(4)17(13(11)3)21-10-16(19)18-9-15-6-5-7-20-15/h5-8H,9-10H2,1-4H3,(H,18,19). The van der Waals surface area contributed by atoms with E-state index in [0.717, 1.165) is 5.76 Å². The van der Waals surface area contributed by atoms with Crippen molar-refractivity contribution in [3.63, 3.8) is 0 Å². The van der Waals surface area contributed by atoms with Crippen molar-refractivity contribution in [2.24, 2.45) is 0 Å². The number of furan rings is 1. The number of benzene rings is 1. The molecule has 1 amide bonds. The minimum atomic E-state index is 0.0226. The van der Waals surface area contributed by atoms with Crippen molar-refractivity contribution >= 4 is 17.7 Å². The van der Waals surface area contributed by atoms with Gasteiger partial charge in [0.15, 0.2) is 0 Å². The van der Waals surface area contributed by atoms with Gasteiger partial charge in [-0.05, 0) is 62.1 Å². The molecule has 112 valence electrons. The molecular formula is C17H21NO2S. The Bertz CT molecular complexity index is 606. The van der Waals surface area contributed by atoms with E-state index in [2.05, 4.69) is 39.1 Å². The third kappa shape index (κ3) is 3.91. The Morgan fingerprint density at radius 3 is 2.43 bits per heavy atom. The summed E-state index contributed by atoms with van der Waals surface area (Å²) >= 11 is 1.60. The number of hydrogen-bond donors (Lipinski definition) is 1. The molecule has 2 rings (SSSR count). The molecule has 1 aromatic heterocycles. The van der Waals surface area contributed by atoms with Gasteiger partial charge in [0.2, 0.25) is 5.91 Å². The van der Waals surface area contributed by atoms with E-state index >= 15 is 0 Å². The molecule has 0 spiro atoms. The number of hydrogen-bond acceptors (Lipinski definition) is 3. The summed E-state index contributed by atoms with van der Waals surface area (Å²) in [5.41, 5.74) is 5.08. The number of carbonyl (C=O) groups is 1. The molecule has 0 aliphatic carbocycles. The van der Waals surface area contributed by atoms with Crippen LogP contribution in [0.2, 0.25) is 0 Å². The Morgan fingerprint density at radius 2 is 1.86 bits per heavy atom. The van der Waals surface area contributed by atoms with Gasteiger partial charge in [0, 0.05) is 4.90 Å². The summed E-state index contributed by atoms with van der Waals surface area (Å²) in [6, 6.07) is 5.87. The third-order valence-corrected chi connectivity index (χ3v) is 4.99. The first-order chi connectivity index (χ1) is 9.99. The van der Waals surface area contributed by atoms with E-state index in [0.29, 0.717) is 12.3 Å². The summed E-state index contributed by atoms with van der Waals surface area (Å²) in [6.07, 6.45) is 1.61.